The molecule has 102 valence electrons. The Kier molecular flexibility index (Phi) is 4.37. The predicted molar refractivity (Wildman–Crippen MR) is 79.3 cm³/mol. The Morgan fingerprint density at radius 2 is 1.90 bits per heavy atom. The molecule has 1 heterocycles. The minimum atomic E-state index is -3.53. The van der Waals surface area contributed by atoms with Crippen LogP contribution in [0.1, 0.15) is 11.1 Å². The second-order valence-corrected chi connectivity index (χ2v) is 6.67. The number of hydrogen-bond acceptors (Lipinski definition) is 4. The van der Waals surface area contributed by atoms with Gasteiger partial charge in [-0.15, -0.1) is 0 Å². The van der Waals surface area contributed by atoms with Gasteiger partial charge in [0.05, 0.1) is 17.4 Å². The van der Waals surface area contributed by atoms with Crippen LogP contribution in [0.15, 0.2) is 47.1 Å². The summed E-state index contributed by atoms with van der Waals surface area (Å²) in [5, 5.41) is 8.69. The van der Waals surface area contributed by atoms with Gasteiger partial charge in [-0.2, -0.15) is 5.26 Å². The average molecular weight is 352 g/mol. The standard InChI is InChI=1S/C13H10BrN3O2S/c14-12-5-6-13(16-8-12)17-20(18,19)9-11-3-1-10(7-15)2-4-11/h1-6,8H,9H2,(H,16,17). The molecule has 0 atom stereocenters. The number of halogens is 1. The maximum absolute atomic E-state index is 12.0. The molecule has 0 aliphatic carbocycles. The van der Waals surface area contributed by atoms with Crippen LogP contribution in [0.2, 0.25) is 0 Å². The first-order valence-corrected chi connectivity index (χ1v) is 8.04. The van der Waals surface area contributed by atoms with E-state index < -0.39 is 10.0 Å². The van der Waals surface area contributed by atoms with Crippen LogP contribution in [0.25, 0.3) is 0 Å². The van der Waals surface area contributed by atoms with Crippen LogP contribution in [-0.2, 0) is 15.8 Å². The molecule has 0 amide bonds. The molecule has 0 saturated carbocycles. The van der Waals surface area contributed by atoms with Gasteiger partial charge in [-0.25, -0.2) is 13.4 Å². The van der Waals surface area contributed by atoms with Gasteiger partial charge in [-0.3, -0.25) is 4.72 Å². The highest BCUT2D eigenvalue weighted by Crippen LogP contribution is 2.14. The molecule has 2 rings (SSSR count). The molecule has 1 N–H and O–H groups in total. The molecule has 5 nitrogen and oxygen atoms in total. The normalized spacial score (nSPS) is 10.8. The van der Waals surface area contributed by atoms with Crippen LogP contribution < -0.4 is 4.72 Å². The highest BCUT2D eigenvalue weighted by atomic mass is 79.9. The van der Waals surface area contributed by atoms with Crippen LogP contribution in [0.4, 0.5) is 5.82 Å². The zero-order valence-corrected chi connectivity index (χ0v) is 12.6. The third kappa shape index (κ3) is 4.05. The van der Waals surface area contributed by atoms with E-state index in [-0.39, 0.29) is 11.6 Å². The van der Waals surface area contributed by atoms with Crippen molar-refractivity contribution >= 4 is 31.8 Å². The Labute approximate surface area is 125 Å². The summed E-state index contributed by atoms with van der Waals surface area (Å²) in [6.07, 6.45) is 1.51. The van der Waals surface area contributed by atoms with Crippen molar-refractivity contribution in [1.82, 2.24) is 4.98 Å². The number of nitrogens with zero attached hydrogens (tertiary/aromatic N) is 2. The summed E-state index contributed by atoms with van der Waals surface area (Å²) in [6, 6.07) is 11.7. The van der Waals surface area contributed by atoms with E-state index >= 15 is 0 Å². The number of rotatable bonds is 4. The quantitative estimate of drug-likeness (QED) is 0.917. The second kappa shape index (κ2) is 6.03. The van der Waals surface area contributed by atoms with Gasteiger partial charge in [0.15, 0.2) is 0 Å². The highest BCUT2D eigenvalue weighted by Gasteiger charge is 2.12. The first kappa shape index (κ1) is 14.5. The first-order chi connectivity index (χ1) is 9.48. The lowest BCUT2D eigenvalue weighted by atomic mass is 10.2. The Morgan fingerprint density at radius 3 is 2.45 bits per heavy atom. The van der Waals surface area contributed by atoms with Crippen molar-refractivity contribution in [2.75, 3.05) is 4.72 Å². The molecule has 0 bridgehead atoms. The lowest BCUT2D eigenvalue weighted by molar-refractivity contribution is 0.600. The Balaban J connectivity index is 2.10. The second-order valence-electron chi connectivity index (χ2n) is 4.03. The lowest BCUT2D eigenvalue weighted by Gasteiger charge is -2.07. The predicted octanol–water partition coefficient (Wildman–Crippen LogP) is 2.66. The van der Waals surface area contributed by atoms with Crippen LogP contribution in [0, 0.1) is 11.3 Å². The lowest BCUT2D eigenvalue weighted by Crippen LogP contribution is -2.15. The Morgan fingerprint density at radius 1 is 1.20 bits per heavy atom. The van der Waals surface area contributed by atoms with Crippen LogP contribution in [0.5, 0.6) is 0 Å². The summed E-state index contributed by atoms with van der Waals surface area (Å²) in [6.45, 7) is 0. The third-order valence-electron chi connectivity index (χ3n) is 2.43. The van der Waals surface area contributed by atoms with E-state index in [1.165, 1.54) is 6.20 Å². The maximum Gasteiger partial charge on any atom is 0.238 e. The number of nitriles is 1. The molecular weight excluding hydrogens is 342 g/mol. The summed E-state index contributed by atoms with van der Waals surface area (Å²) in [7, 11) is -3.53. The van der Waals surface area contributed by atoms with E-state index in [1.807, 2.05) is 6.07 Å². The van der Waals surface area contributed by atoms with Crippen molar-refractivity contribution in [3.8, 4) is 6.07 Å². The molecule has 0 aliphatic heterocycles. The summed E-state index contributed by atoms with van der Waals surface area (Å²) < 4.78 is 27.1. The largest absolute Gasteiger partial charge is 0.267 e. The fraction of sp³-hybridized carbons (Fsp3) is 0.0769. The molecule has 1 aromatic carbocycles. The minimum Gasteiger partial charge on any atom is -0.267 e. The van der Waals surface area contributed by atoms with Gasteiger partial charge in [-0.1, -0.05) is 12.1 Å². The average Bonchev–Trinajstić information content (AvgIpc) is 2.41. The monoisotopic (exact) mass is 351 g/mol. The van der Waals surface area contributed by atoms with E-state index in [9.17, 15) is 8.42 Å². The van der Waals surface area contributed by atoms with E-state index in [4.69, 9.17) is 5.26 Å². The number of benzene rings is 1. The molecule has 0 saturated heterocycles. The van der Waals surface area contributed by atoms with Gasteiger partial charge in [0.25, 0.3) is 0 Å². The van der Waals surface area contributed by atoms with E-state index in [2.05, 4.69) is 25.6 Å². The molecule has 2 aromatic rings. The molecule has 20 heavy (non-hydrogen) atoms. The highest BCUT2D eigenvalue weighted by molar-refractivity contribution is 9.10. The number of hydrogen-bond donors (Lipinski definition) is 1. The molecular formula is C13H10BrN3O2S. The van der Waals surface area contributed by atoms with Gasteiger partial charge < -0.3 is 0 Å². The van der Waals surface area contributed by atoms with Crippen molar-refractivity contribution in [2.24, 2.45) is 0 Å². The van der Waals surface area contributed by atoms with Gasteiger partial charge in [-0.05, 0) is 45.8 Å². The van der Waals surface area contributed by atoms with Crippen molar-refractivity contribution in [3.63, 3.8) is 0 Å². The maximum atomic E-state index is 12.0. The third-order valence-corrected chi connectivity index (χ3v) is 4.13. The summed E-state index contributed by atoms with van der Waals surface area (Å²) in [5.74, 6) is 0.0954. The van der Waals surface area contributed by atoms with E-state index in [0.29, 0.717) is 11.1 Å². The fourth-order valence-electron chi connectivity index (χ4n) is 1.53. The fourth-order valence-corrected chi connectivity index (χ4v) is 2.90. The van der Waals surface area contributed by atoms with Crippen molar-refractivity contribution in [2.45, 2.75) is 5.75 Å². The number of anilines is 1. The Hall–Kier alpha value is -1.91. The van der Waals surface area contributed by atoms with Crippen molar-refractivity contribution < 1.29 is 8.42 Å². The van der Waals surface area contributed by atoms with E-state index in [1.54, 1.807) is 36.4 Å². The topological polar surface area (TPSA) is 82.8 Å². The van der Waals surface area contributed by atoms with Crippen LogP contribution in [0.3, 0.4) is 0 Å². The van der Waals surface area contributed by atoms with E-state index in [0.717, 1.165) is 4.47 Å². The van der Waals surface area contributed by atoms with Crippen molar-refractivity contribution in [1.29, 1.82) is 5.26 Å². The smallest absolute Gasteiger partial charge is 0.238 e. The number of pyridine rings is 1. The summed E-state index contributed by atoms with van der Waals surface area (Å²) >= 11 is 3.23. The molecule has 0 fully saturated rings. The van der Waals surface area contributed by atoms with Gasteiger partial charge in [0.1, 0.15) is 5.82 Å². The number of aromatic nitrogens is 1. The number of nitrogens with one attached hydrogen (secondary N) is 1. The molecule has 0 unspecified atom stereocenters. The number of sulfonamides is 1. The molecule has 0 spiro atoms. The molecule has 0 radical (unpaired) electrons. The van der Waals surface area contributed by atoms with Crippen LogP contribution in [-0.4, -0.2) is 13.4 Å². The minimum absolute atomic E-state index is 0.170. The molecule has 1 aromatic heterocycles. The summed E-state index contributed by atoms with van der Waals surface area (Å²) in [4.78, 5) is 3.95. The zero-order chi connectivity index (χ0) is 14.6. The zero-order valence-electron chi connectivity index (χ0n) is 10.2. The SMILES string of the molecule is N#Cc1ccc(CS(=O)(=O)Nc2ccc(Br)cn2)cc1. The molecule has 7 heteroatoms. The van der Waals surface area contributed by atoms with Gasteiger partial charge in [0.2, 0.25) is 10.0 Å². The van der Waals surface area contributed by atoms with Gasteiger partial charge in [0, 0.05) is 10.7 Å². The Bertz CT molecular complexity index is 735. The van der Waals surface area contributed by atoms with Gasteiger partial charge >= 0.3 is 0 Å². The van der Waals surface area contributed by atoms with Crippen LogP contribution >= 0.6 is 15.9 Å². The van der Waals surface area contributed by atoms with Crippen molar-refractivity contribution in [3.05, 3.63) is 58.2 Å². The summed E-state index contributed by atoms with van der Waals surface area (Å²) in [5.41, 5.74) is 1.10. The first-order valence-electron chi connectivity index (χ1n) is 5.59. The molecule has 0 aliphatic rings.